The van der Waals surface area contributed by atoms with Crippen LogP contribution < -0.4 is 14.2 Å². The number of halogens is 1. The van der Waals surface area contributed by atoms with Gasteiger partial charge < -0.3 is 18.9 Å². The third-order valence-electron chi connectivity index (χ3n) is 4.73. The second kappa shape index (κ2) is 9.70. The SMILES string of the molecule is COc1ccc(C(=O)Oc2ccc(Br)cc2/C=C2\N=C(c3cccc(OC)c3)OC2=O)cc1. The molecule has 1 heterocycles. The predicted molar refractivity (Wildman–Crippen MR) is 126 cm³/mol. The minimum absolute atomic E-state index is 0.0765. The summed E-state index contributed by atoms with van der Waals surface area (Å²) >= 11 is 3.40. The maximum Gasteiger partial charge on any atom is 0.363 e. The molecular formula is C25H18BrNO6. The van der Waals surface area contributed by atoms with Crippen LogP contribution in [0.5, 0.6) is 17.2 Å². The fraction of sp³-hybridized carbons (Fsp3) is 0.0800. The minimum atomic E-state index is -0.611. The van der Waals surface area contributed by atoms with Crippen LogP contribution in [0.4, 0.5) is 0 Å². The normalized spacial score (nSPS) is 14.0. The van der Waals surface area contributed by atoms with Gasteiger partial charge >= 0.3 is 11.9 Å². The first kappa shape index (κ1) is 22.3. The van der Waals surface area contributed by atoms with Crippen molar-refractivity contribution in [1.82, 2.24) is 0 Å². The first-order valence-electron chi connectivity index (χ1n) is 9.79. The minimum Gasteiger partial charge on any atom is -0.497 e. The van der Waals surface area contributed by atoms with Gasteiger partial charge in [0.15, 0.2) is 5.70 Å². The number of carbonyl (C=O) groups excluding carboxylic acids is 2. The summed E-state index contributed by atoms with van der Waals surface area (Å²) < 4.78 is 22.0. The quantitative estimate of drug-likeness (QED) is 0.264. The lowest BCUT2D eigenvalue weighted by Crippen LogP contribution is -2.09. The van der Waals surface area contributed by atoms with E-state index in [9.17, 15) is 9.59 Å². The Morgan fingerprint density at radius 2 is 1.73 bits per heavy atom. The second-order valence-electron chi connectivity index (χ2n) is 6.87. The molecular weight excluding hydrogens is 490 g/mol. The molecule has 0 fully saturated rings. The second-order valence-corrected chi connectivity index (χ2v) is 7.78. The molecule has 1 aliphatic rings. The number of benzene rings is 3. The molecule has 0 aliphatic carbocycles. The highest BCUT2D eigenvalue weighted by molar-refractivity contribution is 9.10. The molecule has 0 amide bonds. The zero-order chi connectivity index (χ0) is 23.4. The summed E-state index contributed by atoms with van der Waals surface area (Å²) in [5, 5.41) is 0. The molecule has 166 valence electrons. The molecule has 3 aromatic carbocycles. The number of nitrogens with zero attached hydrogens (tertiary/aromatic N) is 1. The zero-order valence-corrected chi connectivity index (χ0v) is 19.3. The number of rotatable bonds is 6. The number of hydrogen-bond donors (Lipinski definition) is 0. The molecule has 4 rings (SSSR count). The Labute approximate surface area is 198 Å². The maximum atomic E-state index is 12.6. The van der Waals surface area contributed by atoms with Crippen LogP contribution in [0.2, 0.25) is 0 Å². The van der Waals surface area contributed by atoms with E-state index in [0.29, 0.717) is 28.2 Å². The molecule has 0 bridgehead atoms. The number of cyclic esters (lactones) is 1. The summed E-state index contributed by atoms with van der Waals surface area (Å²) in [5.41, 5.74) is 1.52. The number of hydrogen-bond acceptors (Lipinski definition) is 7. The van der Waals surface area contributed by atoms with E-state index >= 15 is 0 Å². The van der Waals surface area contributed by atoms with E-state index < -0.39 is 11.9 Å². The van der Waals surface area contributed by atoms with Crippen molar-refractivity contribution in [2.24, 2.45) is 4.99 Å². The third-order valence-corrected chi connectivity index (χ3v) is 5.22. The highest BCUT2D eigenvalue weighted by Gasteiger charge is 2.25. The lowest BCUT2D eigenvalue weighted by molar-refractivity contribution is -0.129. The van der Waals surface area contributed by atoms with Gasteiger partial charge in [-0.2, -0.15) is 0 Å². The monoisotopic (exact) mass is 507 g/mol. The summed E-state index contributed by atoms with van der Waals surface area (Å²) in [6.07, 6.45) is 1.51. The molecule has 0 saturated heterocycles. The zero-order valence-electron chi connectivity index (χ0n) is 17.7. The van der Waals surface area contributed by atoms with Crippen molar-refractivity contribution in [2.75, 3.05) is 14.2 Å². The topological polar surface area (TPSA) is 83.4 Å². The Morgan fingerprint density at radius 1 is 0.970 bits per heavy atom. The van der Waals surface area contributed by atoms with E-state index in [0.717, 1.165) is 4.47 Å². The fourth-order valence-electron chi connectivity index (χ4n) is 3.05. The number of aliphatic imine (C=N–C) groups is 1. The first-order chi connectivity index (χ1) is 16.0. The molecule has 33 heavy (non-hydrogen) atoms. The van der Waals surface area contributed by atoms with E-state index in [1.165, 1.54) is 6.08 Å². The summed E-state index contributed by atoms with van der Waals surface area (Å²) in [4.78, 5) is 29.4. The highest BCUT2D eigenvalue weighted by atomic mass is 79.9. The third kappa shape index (κ3) is 5.12. The molecule has 0 radical (unpaired) electrons. The van der Waals surface area contributed by atoms with Crippen LogP contribution in [0.25, 0.3) is 6.08 Å². The highest BCUT2D eigenvalue weighted by Crippen LogP contribution is 2.29. The lowest BCUT2D eigenvalue weighted by atomic mass is 10.1. The van der Waals surface area contributed by atoms with Gasteiger partial charge in [-0.15, -0.1) is 0 Å². The molecule has 0 N–H and O–H groups in total. The van der Waals surface area contributed by atoms with Crippen molar-refractivity contribution in [3.05, 3.63) is 93.6 Å². The van der Waals surface area contributed by atoms with E-state index in [1.54, 1.807) is 80.9 Å². The van der Waals surface area contributed by atoms with Gasteiger partial charge in [0.05, 0.1) is 19.8 Å². The Balaban J connectivity index is 1.63. The molecule has 1 aliphatic heterocycles. The van der Waals surface area contributed by atoms with Crippen molar-refractivity contribution in [2.45, 2.75) is 0 Å². The lowest BCUT2D eigenvalue weighted by Gasteiger charge is -2.09. The summed E-state index contributed by atoms with van der Waals surface area (Å²) in [5.74, 6) is 0.518. The molecule has 0 aromatic heterocycles. The van der Waals surface area contributed by atoms with Gasteiger partial charge in [-0.1, -0.05) is 22.0 Å². The molecule has 0 unspecified atom stereocenters. The van der Waals surface area contributed by atoms with Crippen LogP contribution in [-0.4, -0.2) is 32.1 Å². The molecule has 7 nitrogen and oxygen atoms in total. The average Bonchev–Trinajstić information content (AvgIpc) is 3.21. The molecule has 3 aromatic rings. The number of carbonyl (C=O) groups is 2. The average molecular weight is 508 g/mol. The van der Waals surface area contributed by atoms with Crippen LogP contribution in [0.15, 0.2) is 81.9 Å². The Morgan fingerprint density at radius 3 is 2.45 bits per heavy atom. The van der Waals surface area contributed by atoms with Crippen molar-refractivity contribution in [3.8, 4) is 17.2 Å². The molecule has 8 heteroatoms. The smallest absolute Gasteiger partial charge is 0.363 e. The van der Waals surface area contributed by atoms with E-state index in [4.69, 9.17) is 18.9 Å². The Hall–Kier alpha value is -3.91. The van der Waals surface area contributed by atoms with Crippen LogP contribution in [-0.2, 0) is 9.53 Å². The van der Waals surface area contributed by atoms with Crippen molar-refractivity contribution >= 4 is 39.8 Å². The van der Waals surface area contributed by atoms with E-state index in [-0.39, 0.29) is 17.3 Å². The van der Waals surface area contributed by atoms with Gasteiger partial charge in [0.2, 0.25) is 5.90 Å². The van der Waals surface area contributed by atoms with Gasteiger partial charge in [-0.3, -0.25) is 0 Å². The fourth-order valence-corrected chi connectivity index (χ4v) is 3.43. The van der Waals surface area contributed by atoms with Gasteiger partial charge in [0.25, 0.3) is 0 Å². The number of methoxy groups -OCH3 is 2. The van der Waals surface area contributed by atoms with Crippen LogP contribution in [0.1, 0.15) is 21.5 Å². The summed E-state index contributed by atoms with van der Waals surface area (Å²) in [7, 11) is 3.10. The van der Waals surface area contributed by atoms with Gasteiger partial charge in [-0.05, 0) is 66.7 Å². The Bertz CT molecular complexity index is 1280. The van der Waals surface area contributed by atoms with E-state index in [2.05, 4.69) is 20.9 Å². The number of esters is 2. The van der Waals surface area contributed by atoms with Gasteiger partial charge in [-0.25, -0.2) is 14.6 Å². The standard InChI is InChI=1S/C25H18BrNO6/c1-30-19-9-6-15(7-10-19)24(28)32-22-11-8-18(26)12-17(22)14-21-25(29)33-23(27-21)16-4-3-5-20(13-16)31-2/h3-14H,1-2H3/b21-14-. The van der Waals surface area contributed by atoms with Crippen molar-refractivity contribution in [3.63, 3.8) is 0 Å². The van der Waals surface area contributed by atoms with Crippen LogP contribution in [0.3, 0.4) is 0 Å². The largest absolute Gasteiger partial charge is 0.497 e. The first-order valence-corrected chi connectivity index (χ1v) is 10.6. The van der Waals surface area contributed by atoms with Crippen LogP contribution in [0, 0.1) is 0 Å². The van der Waals surface area contributed by atoms with Gasteiger partial charge in [0, 0.05) is 15.6 Å². The van der Waals surface area contributed by atoms with Gasteiger partial charge in [0.1, 0.15) is 17.2 Å². The van der Waals surface area contributed by atoms with Crippen LogP contribution >= 0.6 is 15.9 Å². The predicted octanol–water partition coefficient (Wildman–Crippen LogP) is 5.03. The summed E-state index contributed by atoms with van der Waals surface area (Å²) in [6, 6.07) is 18.7. The molecule has 0 saturated carbocycles. The Kier molecular flexibility index (Phi) is 6.55. The van der Waals surface area contributed by atoms with Crippen molar-refractivity contribution < 1.29 is 28.5 Å². The molecule has 0 atom stereocenters. The molecule has 0 spiro atoms. The maximum absolute atomic E-state index is 12.6. The van der Waals surface area contributed by atoms with E-state index in [1.807, 2.05) is 0 Å². The van der Waals surface area contributed by atoms with Crippen molar-refractivity contribution in [1.29, 1.82) is 0 Å². The summed E-state index contributed by atoms with van der Waals surface area (Å²) in [6.45, 7) is 0. The number of ether oxygens (including phenoxy) is 4.